The van der Waals surface area contributed by atoms with Gasteiger partial charge in [0.2, 0.25) is 0 Å². The second-order valence-corrected chi connectivity index (χ2v) is 7.30. The van der Waals surface area contributed by atoms with Crippen LogP contribution in [-0.2, 0) is 0 Å². The molecule has 0 spiro atoms. The van der Waals surface area contributed by atoms with Crippen molar-refractivity contribution >= 4 is 76.3 Å². The summed E-state index contributed by atoms with van der Waals surface area (Å²) in [5.41, 5.74) is 8.50. The number of halogens is 4. The van der Waals surface area contributed by atoms with Crippen LogP contribution in [0.2, 0.25) is 5.02 Å². The molecule has 3 aromatic rings. The van der Waals surface area contributed by atoms with Gasteiger partial charge in [0.05, 0.1) is 23.8 Å². The van der Waals surface area contributed by atoms with Crippen molar-refractivity contribution in [1.82, 2.24) is 4.98 Å². The molecule has 30 heavy (non-hydrogen) atoms. The molecule has 4 nitrogen and oxygen atoms in total. The number of pyridine rings is 1. The van der Waals surface area contributed by atoms with E-state index in [0.29, 0.717) is 5.02 Å². The molecular formula is C22H31Cl4N3O. The number of fused-ring (bicyclic) bond motifs is 2. The van der Waals surface area contributed by atoms with Gasteiger partial charge in [-0.1, -0.05) is 37.3 Å². The summed E-state index contributed by atoms with van der Waals surface area (Å²) in [4.78, 5) is 4.77. The minimum absolute atomic E-state index is 0. The van der Waals surface area contributed by atoms with E-state index in [4.69, 9.17) is 27.1 Å². The van der Waals surface area contributed by atoms with Crippen molar-refractivity contribution in [3.63, 3.8) is 0 Å². The van der Waals surface area contributed by atoms with Crippen molar-refractivity contribution in [3.8, 4) is 5.75 Å². The monoisotopic (exact) mass is 493 g/mol. The van der Waals surface area contributed by atoms with Crippen LogP contribution in [0.1, 0.15) is 38.5 Å². The topological polar surface area (TPSA) is 60.2 Å². The average Bonchev–Trinajstić information content (AvgIpc) is 2.68. The Morgan fingerprint density at radius 3 is 2.27 bits per heavy atom. The fourth-order valence-corrected chi connectivity index (χ4v) is 3.57. The van der Waals surface area contributed by atoms with Gasteiger partial charge >= 0.3 is 0 Å². The number of unbranched alkanes of at least 4 members (excludes halogenated alkanes) is 5. The number of methoxy groups -OCH3 is 1. The number of rotatable bonds is 10. The highest BCUT2D eigenvalue weighted by atomic mass is 35.5. The van der Waals surface area contributed by atoms with Gasteiger partial charge < -0.3 is 15.8 Å². The van der Waals surface area contributed by atoms with Gasteiger partial charge in [0.1, 0.15) is 5.75 Å². The maximum Gasteiger partial charge on any atom is 0.119 e. The van der Waals surface area contributed by atoms with E-state index >= 15 is 0 Å². The molecule has 0 radical (unpaired) electrons. The molecule has 0 saturated heterocycles. The van der Waals surface area contributed by atoms with E-state index in [1.807, 2.05) is 36.4 Å². The molecule has 0 unspecified atom stereocenters. The molecule has 0 aliphatic heterocycles. The van der Waals surface area contributed by atoms with Crippen molar-refractivity contribution in [2.24, 2.45) is 5.73 Å². The molecule has 0 amide bonds. The lowest BCUT2D eigenvalue weighted by Crippen LogP contribution is -2.04. The molecule has 1 heterocycles. The minimum Gasteiger partial charge on any atom is -0.497 e. The van der Waals surface area contributed by atoms with E-state index in [1.165, 1.54) is 25.7 Å². The van der Waals surface area contributed by atoms with Gasteiger partial charge in [-0.2, -0.15) is 0 Å². The summed E-state index contributed by atoms with van der Waals surface area (Å²) in [6.45, 7) is 1.74. The van der Waals surface area contributed by atoms with Crippen LogP contribution in [0.15, 0.2) is 36.4 Å². The van der Waals surface area contributed by atoms with Crippen LogP contribution < -0.4 is 15.8 Å². The van der Waals surface area contributed by atoms with E-state index < -0.39 is 0 Å². The number of nitrogens with two attached hydrogens (primary N) is 1. The summed E-state index contributed by atoms with van der Waals surface area (Å²) in [5.74, 6) is 0.834. The number of hydrogen-bond donors (Lipinski definition) is 2. The largest absolute Gasteiger partial charge is 0.497 e. The number of hydrogen-bond acceptors (Lipinski definition) is 4. The predicted octanol–water partition coefficient (Wildman–Crippen LogP) is 7.03. The third kappa shape index (κ3) is 7.51. The molecule has 0 atom stereocenters. The number of nitrogens with zero attached hydrogens (tertiary/aromatic N) is 1. The molecule has 2 aromatic carbocycles. The molecule has 0 aliphatic carbocycles. The van der Waals surface area contributed by atoms with Crippen LogP contribution in [-0.4, -0.2) is 25.2 Å². The summed E-state index contributed by atoms with van der Waals surface area (Å²) in [7, 11) is 1.69. The van der Waals surface area contributed by atoms with Crippen molar-refractivity contribution < 1.29 is 4.74 Å². The van der Waals surface area contributed by atoms with Crippen molar-refractivity contribution in [1.29, 1.82) is 0 Å². The van der Waals surface area contributed by atoms with Crippen molar-refractivity contribution in [2.45, 2.75) is 38.5 Å². The molecule has 0 aliphatic rings. The minimum atomic E-state index is 0. The van der Waals surface area contributed by atoms with Crippen LogP contribution in [0, 0.1) is 0 Å². The van der Waals surface area contributed by atoms with Crippen LogP contribution in [0.5, 0.6) is 5.75 Å². The maximum atomic E-state index is 6.18. The quantitative estimate of drug-likeness (QED) is 0.234. The Balaban J connectivity index is 0.00000280. The molecule has 1 aromatic heterocycles. The molecule has 8 heteroatoms. The lowest BCUT2D eigenvalue weighted by molar-refractivity contribution is 0.415. The second kappa shape index (κ2) is 14.8. The zero-order chi connectivity index (χ0) is 19.1. The first-order valence-corrected chi connectivity index (χ1v) is 10.1. The first kappa shape index (κ1) is 28.8. The predicted molar refractivity (Wildman–Crippen MR) is 138 cm³/mol. The Hall–Kier alpha value is -1.17. The van der Waals surface area contributed by atoms with Gasteiger partial charge in [-0.25, -0.2) is 4.98 Å². The third-order valence-corrected chi connectivity index (χ3v) is 5.11. The normalized spacial score (nSPS) is 10.1. The van der Waals surface area contributed by atoms with Crippen LogP contribution >= 0.6 is 48.8 Å². The highest BCUT2D eigenvalue weighted by Gasteiger charge is 2.10. The fourth-order valence-electron chi connectivity index (χ4n) is 3.40. The van der Waals surface area contributed by atoms with E-state index in [1.54, 1.807) is 7.11 Å². The summed E-state index contributed by atoms with van der Waals surface area (Å²) in [6.07, 6.45) is 7.29. The molecule has 0 saturated carbocycles. The van der Waals surface area contributed by atoms with Gasteiger partial charge in [-0.15, -0.1) is 37.2 Å². The van der Waals surface area contributed by atoms with Crippen molar-refractivity contribution in [3.05, 3.63) is 41.4 Å². The van der Waals surface area contributed by atoms with Gasteiger partial charge in [0.25, 0.3) is 0 Å². The lowest BCUT2D eigenvalue weighted by Gasteiger charge is -2.14. The number of nitrogens with one attached hydrogen (secondary N) is 1. The molecule has 3 N–H and O–H groups in total. The summed E-state index contributed by atoms with van der Waals surface area (Å²) < 4.78 is 5.41. The molecule has 0 fully saturated rings. The van der Waals surface area contributed by atoms with Crippen LogP contribution in [0.4, 0.5) is 5.69 Å². The average molecular weight is 495 g/mol. The fraction of sp³-hybridized carbons (Fsp3) is 0.409. The highest BCUT2D eigenvalue weighted by Crippen LogP contribution is 2.34. The van der Waals surface area contributed by atoms with Crippen LogP contribution in [0.3, 0.4) is 0 Å². The third-order valence-electron chi connectivity index (χ3n) is 4.88. The van der Waals surface area contributed by atoms with Gasteiger partial charge in [-0.05, 0) is 55.8 Å². The summed E-state index contributed by atoms with van der Waals surface area (Å²) >= 11 is 6.18. The smallest absolute Gasteiger partial charge is 0.119 e. The number of ether oxygens (including phenoxy) is 1. The van der Waals surface area contributed by atoms with E-state index in [9.17, 15) is 0 Å². The Kier molecular flexibility index (Phi) is 14.2. The molecular weight excluding hydrogens is 464 g/mol. The molecule has 0 bridgehead atoms. The van der Waals surface area contributed by atoms with Crippen LogP contribution in [0.25, 0.3) is 21.8 Å². The SMILES string of the molecule is COc1ccc2nc3cc(Cl)ccc3c(NCCCCCCCCN)c2c1.Cl.Cl.Cl. The molecule has 3 rings (SSSR count). The van der Waals surface area contributed by atoms with E-state index in [-0.39, 0.29) is 37.2 Å². The zero-order valence-corrected chi connectivity index (χ0v) is 20.4. The summed E-state index contributed by atoms with van der Waals surface area (Å²) in [5, 5.41) is 6.51. The Morgan fingerprint density at radius 1 is 0.867 bits per heavy atom. The molecule has 168 valence electrons. The summed E-state index contributed by atoms with van der Waals surface area (Å²) in [6, 6.07) is 11.9. The van der Waals surface area contributed by atoms with Crippen molar-refractivity contribution in [2.75, 3.05) is 25.5 Å². The standard InChI is InChI=1S/C22H28ClN3O.3ClH/c1-27-17-9-11-20-19(15-17)22(18-10-8-16(23)14-21(18)26-20)25-13-7-5-3-2-4-6-12-24;;;/h8-11,14-15H,2-7,12-13,24H2,1H3,(H,25,26);3*1H. The highest BCUT2D eigenvalue weighted by molar-refractivity contribution is 6.31. The Morgan fingerprint density at radius 2 is 1.57 bits per heavy atom. The Bertz CT molecular complexity index is 908. The van der Waals surface area contributed by atoms with E-state index in [0.717, 1.165) is 59.2 Å². The first-order valence-electron chi connectivity index (χ1n) is 9.74. The maximum absolute atomic E-state index is 6.18. The number of benzene rings is 2. The first-order chi connectivity index (χ1) is 13.2. The lowest BCUT2D eigenvalue weighted by atomic mass is 10.1. The van der Waals surface area contributed by atoms with Gasteiger partial charge in [-0.3, -0.25) is 0 Å². The number of anilines is 1. The van der Waals surface area contributed by atoms with Gasteiger partial charge in [0.15, 0.2) is 0 Å². The Labute approximate surface area is 202 Å². The van der Waals surface area contributed by atoms with Gasteiger partial charge in [0, 0.05) is 22.3 Å². The zero-order valence-electron chi connectivity index (χ0n) is 17.2. The number of aromatic nitrogens is 1. The second-order valence-electron chi connectivity index (χ2n) is 6.87. The van der Waals surface area contributed by atoms with E-state index in [2.05, 4.69) is 5.32 Å².